The van der Waals surface area contributed by atoms with Gasteiger partial charge < -0.3 is 10.4 Å². The first kappa shape index (κ1) is 11.7. The van der Waals surface area contributed by atoms with Crippen molar-refractivity contribution in [3.8, 4) is 0 Å². The van der Waals surface area contributed by atoms with Crippen molar-refractivity contribution >= 4 is 23.3 Å². The first-order valence-corrected chi connectivity index (χ1v) is 6.07. The molecule has 2 atom stereocenters. The van der Waals surface area contributed by atoms with Crippen LogP contribution in [0.2, 0.25) is 0 Å². The number of hydrogen-bond donors (Lipinski definition) is 2. The fraction of sp³-hybridized carbons (Fsp3) is 0.308. The van der Waals surface area contributed by atoms with Crippen molar-refractivity contribution in [3.63, 3.8) is 0 Å². The molecule has 0 aromatic carbocycles. The zero-order valence-corrected chi connectivity index (χ0v) is 10.3. The Kier molecular flexibility index (Phi) is 2.51. The Labute approximate surface area is 109 Å². The number of carbonyl (C=O) groups excluding carboxylic acids is 1. The number of pyridine rings is 1. The predicted octanol–water partition coefficient (Wildman–Crippen LogP) is 1.63. The number of carbonyl (C=O) groups is 2. The topological polar surface area (TPSA) is 83.7 Å². The van der Waals surface area contributed by atoms with E-state index in [1.807, 2.05) is 6.92 Å². The number of rotatable bonds is 3. The van der Waals surface area contributed by atoms with E-state index in [1.54, 1.807) is 10.6 Å². The summed E-state index contributed by atoms with van der Waals surface area (Å²) in [5, 5.41) is 11.7. The zero-order valence-electron chi connectivity index (χ0n) is 10.3. The third-order valence-corrected chi connectivity index (χ3v) is 3.46. The molecule has 3 rings (SSSR count). The third-order valence-electron chi connectivity index (χ3n) is 3.46. The summed E-state index contributed by atoms with van der Waals surface area (Å²) < 4.78 is 1.66. The average Bonchev–Trinajstić information content (AvgIpc) is 2.98. The van der Waals surface area contributed by atoms with Crippen LogP contribution in [0.1, 0.15) is 23.7 Å². The maximum Gasteiger partial charge on any atom is 0.335 e. The van der Waals surface area contributed by atoms with Crippen molar-refractivity contribution in [2.75, 3.05) is 5.32 Å². The smallest absolute Gasteiger partial charge is 0.335 e. The van der Waals surface area contributed by atoms with Crippen LogP contribution in [0.15, 0.2) is 24.5 Å². The molecule has 0 bridgehead atoms. The molecule has 1 aliphatic carbocycles. The molecule has 2 aromatic rings. The summed E-state index contributed by atoms with van der Waals surface area (Å²) in [6, 6.07) is 2.95. The standard InChI is InChI=1S/C13H13N3O3/c1-7-4-9(7)12(17)15-11-6-14-10-5-8(13(18)19)2-3-16(10)11/h2-3,5-7,9H,4H2,1H3,(H,15,17)(H,18,19). The Morgan fingerprint density at radius 2 is 2.26 bits per heavy atom. The molecule has 1 saturated carbocycles. The van der Waals surface area contributed by atoms with Crippen LogP contribution >= 0.6 is 0 Å². The summed E-state index contributed by atoms with van der Waals surface area (Å²) in [7, 11) is 0. The number of hydrogen-bond acceptors (Lipinski definition) is 3. The monoisotopic (exact) mass is 259 g/mol. The first-order chi connectivity index (χ1) is 9.06. The van der Waals surface area contributed by atoms with Gasteiger partial charge in [0.05, 0.1) is 11.8 Å². The molecular formula is C13H13N3O3. The predicted molar refractivity (Wildman–Crippen MR) is 68.1 cm³/mol. The van der Waals surface area contributed by atoms with E-state index in [0.29, 0.717) is 17.4 Å². The summed E-state index contributed by atoms with van der Waals surface area (Å²) >= 11 is 0. The lowest BCUT2D eigenvalue weighted by Crippen LogP contribution is -2.15. The zero-order chi connectivity index (χ0) is 13.6. The highest BCUT2D eigenvalue weighted by Gasteiger charge is 2.39. The summed E-state index contributed by atoms with van der Waals surface area (Å²) in [5.41, 5.74) is 0.672. The van der Waals surface area contributed by atoms with Gasteiger partial charge in [0.25, 0.3) is 0 Å². The molecular weight excluding hydrogens is 246 g/mol. The number of nitrogens with zero attached hydrogens (tertiary/aromatic N) is 2. The quantitative estimate of drug-likeness (QED) is 0.877. The molecule has 2 N–H and O–H groups in total. The number of aromatic carboxylic acids is 1. The maximum atomic E-state index is 11.9. The second-order valence-corrected chi connectivity index (χ2v) is 4.90. The molecule has 0 radical (unpaired) electrons. The van der Waals surface area contributed by atoms with Gasteiger partial charge in [-0.2, -0.15) is 0 Å². The Balaban J connectivity index is 1.88. The van der Waals surface area contributed by atoms with E-state index in [1.165, 1.54) is 18.3 Å². The number of carboxylic acid groups (broad SMARTS) is 1. The SMILES string of the molecule is CC1CC1C(=O)Nc1cnc2cc(C(=O)O)ccn12. The van der Waals surface area contributed by atoms with Crippen LogP contribution in [0.5, 0.6) is 0 Å². The van der Waals surface area contributed by atoms with Gasteiger partial charge in [0.1, 0.15) is 11.5 Å². The summed E-state index contributed by atoms with van der Waals surface area (Å²) in [6.07, 6.45) is 4.05. The van der Waals surface area contributed by atoms with Gasteiger partial charge in [0.2, 0.25) is 5.91 Å². The van der Waals surface area contributed by atoms with Crippen molar-refractivity contribution in [3.05, 3.63) is 30.1 Å². The number of fused-ring (bicyclic) bond motifs is 1. The molecule has 0 aliphatic heterocycles. The summed E-state index contributed by atoms with van der Waals surface area (Å²) in [6.45, 7) is 2.04. The number of imidazole rings is 1. The second-order valence-electron chi connectivity index (χ2n) is 4.90. The minimum absolute atomic E-state index is 0.00314. The van der Waals surface area contributed by atoms with E-state index < -0.39 is 5.97 Å². The molecule has 6 heteroatoms. The molecule has 1 fully saturated rings. The molecule has 2 unspecified atom stereocenters. The Morgan fingerprint density at radius 1 is 1.53 bits per heavy atom. The van der Waals surface area contributed by atoms with Gasteiger partial charge in [-0.15, -0.1) is 0 Å². The van der Waals surface area contributed by atoms with E-state index in [0.717, 1.165) is 6.42 Å². The third kappa shape index (κ3) is 2.05. The van der Waals surface area contributed by atoms with Crippen molar-refractivity contribution < 1.29 is 14.7 Å². The number of anilines is 1. The highest BCUT2D eigenvalue weighted by molar-refractivity contribution is 5.94. The van der Waals surface area contributed by atoms with E-state index in [2.05, 4.69) is 10.3 Å². The normalized spacial score (nSPS) is 21.3. The highest BCUT2D eigenvalue weighted by atomic mass is 16.4. The second kappa shape index (κ2) is 4.08. The largest absolute Gasteiger partial charge is 0.478 e. The fourth-order valence-corrected chi connectivity index (χ4v) is 2.11. The van der Waals surface area contributed by atoms with Crippen LogP contribution in [0.4, 0.5) is 5.82 Å². The van der Waals surface area contributed by atoms with E-state index in [-0.39, 0.29) is 17.4 Å². The van der Waals surface area contributed by atoms with Gasteiger partial charge in [0, 0.05) is 12.1 Å². The Bertz CT molecular complexity index is 677. The van der Waals surface area contributed by atoms with Gasteiger partial charge in [0.15, 0.2) is 0 Å². The highest BCUT2D eigenvalue weighted by Crippen LogP contribution is 2.38. The molecule has 6 nitrogen and oxygen atoms in total. The van der Waals surface area contributed by atoms with E-state index in [9.17, 15) is 9.59 Å². The molecule has 2 aromatic heterocycles. The first-order valence-electron chi connectivity index (χ1n) is 6.07. The molecule has 19 heavy (non-hydrogen) atoms. The Hall–Kier alpha value is -2.37. The lowest BCUT2D eigenvalue weighted by Gasteiger charge is -2.04. The van der Waals surface area contributed by atoms with Gasteiger partial charge in [-0.25, -0.2) is 9.78 Å². The lowest BCUT2D eigenvalue weighted by molar-refractivity contribution is -0.117. The van der Waals surface area contributed by atoms with Crippen LogP contribution in [0.25, 0.3) is 5.65 Å². The van der Waals surface area contributed by atoms with E-state index >= 15 is 0 Å². The van der Waals surface area contributed by atoms with Crippen molar-refractivity contribution in [1.29, 1.82) is 0 Å². The number of aromatic nitrogens is 2. The van der Waals surface area contributed by atoms with Crippen molar-refractivity contribution in [1.82, 2.24) is 9.38 Å². The summed E-state index contributed by atoms with van der Waals surface area (Å²) in [4.78, 5) is 26.8. The number of nitrogens with one attached hydrogen (secondary N) is 1. The van der Waals surface area contributed by atoms with Crippen LogP contribution in [-0.4, -0.2) is 26.4 Å². The molecule has 2 heterocycles. The lowest BCUT2D eigenvalue weighted by atomic mass is 10.3. The van der Waals surface area contributed by atoms with Crippen LogP contribution in [0, 0.1) is 11.8 Å². The Morgan fingerprint density at radius 3 is 2.89 bits per heavy atom. The molecule has 1 aliphatic rings. The van der Waals surface area contributed by atoms with Gasteiger partial charge >= 0.3 is 5.97 Å². The fourth-order valence-electron chi connectivity index (χ4n) is 2.11. The van der Waals surface area contributed by atoms with Gasteiger partial charge in [-0.1, -0.05) is 6.92 Å². The van der Waals surface area contributed by atoms with Crippen LogP contribution in [-0.2, 0) is 4.79 Å². The minimum Gasteiger partial charge on any atom is -0.478 e. The average molecular weight is 259 g/mol. The van der Waals surface area contributed by atoms with Crippen molar-refractivity contribution in [2.45, 2.75) is 13.3 Å². The molecule has 98 valence electrons. The van der Waals surface area contributed by atoms with E-state index in [4.69, 9.17) is 5.11 Å². The molecule has 1 amide bonds. The number of carboxylic acids is 1. The van der Waals surface area contributed by atoms with Crippen LogP contribution in [0.3, 0.4) is 0 Å². The molecule has 0 spiro atoms. The summed E-state index contributed by atoms with van der Waals surface area (Å²) in [5.74, 6) is 0.0946. The molecule has 0 saturated heterocycles. The van der Waals surface area contributed by atoms with Gasteiger partial charge in [-0.3, -0.25) is 9.20 Å². The minimum atomic E-state index is -0.997. The maximum absolute atomic E-state index is 11.9. The van der Waals surface area contributed by atoms with Crippen molar-refractivity contribution in [2.24, 2.45) is 11.8 Å². The van der Waals surface area contributed by atoms with Crippen LogP contribution < -0.4 is 5.32 Å². The number of amides is 1. The van der Waals surface area contributed by atoms with Gasteiger partial charge in [-0.05, 0) is 24.5 Å².